The van der Waals surface area contributed by atoms with Crippen LogP contribution >= 0.6 is 11.6 Å². The smallest absolute Gasteiger partial charge is 0.149 e. The summed E-state index contributed by atoms with van der Waals surface area (Å²) in [6.07, 6.45) is 6.64. The van der Waals surface area contributed by atoms with Crippen LogP contribution in [0.2, 0.25) is 5.02 Å². The lowest BCUT2D eigenvalue weighted by Gasteiger charge is -2.14. The molecule has 14 heavy (non-hydrogen) atoms. The van der Waals surface area contributed by atoms with Crippen LogP contribution in [0.4, 0.5) is 11.5 Å². The first-order valence-corrected chi connectivity index (χ1v) is 5.31. The standard InChI is InChI=1S/C10H14ClN3/c11-7-5-9(12)10(13-6-7)14-8-3-1-2-4-8/h5-6,8H,1-4,12H2,(H,13,14). The lowest BCUT2D eigenvalue weighted by molar-refractivity contribution is 0.751. The van der Waals surface area contributed by atoms with E-state index in [2.05, 4.69) is 10.3 Å². The van der Waals surface area contributed by atoms with Crippen LogP contribution in [0.5, 0.6) is 0 Å². The van der Waals surface area contributed by atoms with E-state index < -0.39 is 0 Å². The predicted molar refractivity (Wildman–Crippen MR) is 59.5 cm³/mol. The van der Waals surface area contributed by atoms with Crippen molar-refractivity contribution in [3.05, 3.63) is 17.3 Å². The second-order valence-corrected chi connectivity index (χ2v) is 4.15. The third kappa shape index (κ3) is 2.10. The Labute approximate surface area is 88.7 Å². The number of anilines is 2. The first-order valence-electron chi connectivity index (χ1n) is 4.93. The summed E-state index contributed by atoms with van der Waals surface area (Å²) in [6, 6.07) is 2.26. The molecule has 1 aromatic rings. The van der Waals surface area contributed by atoms with Crippen molar-refractivity contribution in [1.82, 2.24) is 4.98 Å². The van der Waals surface area contributed by atoms with Crippen LogP contribution < -0.4 is 11.1 Å². The molecule has 3 N–H and O–H groups in total. The average molecular weight is 212 g/mol. The molecule has 1 aromatic heterocycles. The van der Waals surface area contributed by atoms with E-state index >= 15 is 0 Å². The Morgan fingerprint density at radius 1 is 1.43 bits per heavy atom. The van der Waals surface area contributed by atoms with E-state index in [4.69, 9.17) is 17.3 Å². The largest absolute Gasteiger partial charge is 0.396 e. The Hall–Kier alpha value is -0.960. The van der Waals surface area contributed by atoms with Crippen LogP contribution in [-0.2, 0) is 0 Å². The lowest BCUT2D eigenvalue weighted by atomic mass is 10.2. The van der Waals surface area contributed by atoms with Gasteiger partial charge >= 0.3 is 0 Å². The summed E-state index contributed by atoms with van der Waals surface area (Å²) in [5.41, 5.74) is 6.42. The van der Waals surface area contributed by atoms with E-state index in [1.165, 1.54) is 25.7 Å². The Balaban J connectivity index is 2.08. The number of aromatic nitrogens is 1. The summed E-state index contributed by atoms with van der Waals surface area (Å²) < 4.78 is 0. The highest BCUT2D eigenvalue weighted by molar-refractivity contribution is 6.30. The topological polar surface area (TPSA) is 50.9 Å². The Kier molecular flexibility index (Phi) is 2.77. The molecule has 0 amide bonds. The van der Waals surface area contributed by atoms with E-state index in [0.717, 1.165) is 5.82 Å². The molecule has 0 atom stereocenters. The molecule has 0 unspecified atom stereocenters. The minimum Gasteiger partial charge on any atom is -0.396 e. The second-order valence-electron chi connectivity index (χ2n) is 3.72. The van der Waals surface area contributed by atoms with Crippen LogP contribution in [0.3, 0.4) is 0 Å². The molecule has 0 aliphatic heterocycles. The van der Waals surface area contributed by atoms with Gasteiger partial charge in [0.2, 0.25) is 0 Å². The van der Waals surface area contributed by atoms with Crippen molar-refractivity contribution >= 4 is 23.1 Å². The third-order valence-corrected chi connectivity index (χ3v) is 2.79. The zero-order chi connectivity index (χ0) is 9.97. The van der Waals surface area contributed by atoms with Crippen LogP contribution in [0.25, 0.3) is 0 Å². The maximum Gasteiger partial charge on any atom is 0.149 e. The minimum absolute atomic E-state index is 0.533. The SMILES string of the molecule is Nc1cc(Cl)cnc1NC1CCCC1. The molecule has 76 valence electrons. The van der Waals surface area contributed by atoms with Gasteiger partial charge in [0.15, 0.2) is 0 Å². The Morgan fingerprint density at radius 3 is 2.79 bits per heavy atom. The van der Waals surface area contributed by atoms with Gasteiger partial charge in [-0.2, -0.15) is 0 Å². The van der Waals surface area contributed by atoms with Crippen LogP contribution in [0.1, 0.15) is 25.7 Å². The van der Waals surface area contributed by atoms with Gasteiger partial charge in [-0.25, -0.2) is 4.98 Å². The average Bonchev–Trinajstić information content (AvgIpc) is 2.62. The van der Waals surface area contributed by atoms with Crippen molar-refractivity contribution < 1.29 is 0 Å². The van der Waals surface area contributed by atoms with E-state index in [9.17, 15) is 0 Å². The highest BCUT2D eigenvalue weighted by atomic mass is 35.5. The Bertz CT molecular complexity index is 321. The van der Waals surface area contributed by atoms with Crippen molar-refractivity contribution in [2.45, 2.75) is 31.7 Å². The van der Waals surface area contributed by atoms with Gasteiger partial charge in [-0.15, -0.1) is 0 Å². The quantitative estimate of drug-likeness (QED) is 0.791. The fraction of sp³-hybridized carbons (Fsp3) is 0.500. The van der Waals surface area contributed by atoms with Crippen LogP contribution in [0, 0.1) is 0 Å². The van der Waals surface area contributed by atoms with Crippen LogP contribution in [0.15, 0.2) is 12.3 Å². The van der Waals surface area contributed by atoms with Gasteiger partial charge in [-0.3, -0.25) is 0 Å². The molecule has 1 aliphatic rings. The van der Waals surface area contributed by atoms with Gasteiger partial charge in [0.1, 0.15) is 5.82 Å². The summed E-state index contributed by atoms with van der Waals surface area (Å²) in [5.74, 6) is 0.765. The molecule has 1 aliphatic carbocycles. The molecule has 1 heterocycles. The van der Waals surface area contributed by atoms with Gasteiger partial charge < -0.3 is 11.1 Å². The van der Waals surface area contributed by atoms with E-state index in [1.807, 2.05) is 0 Å². The van der Waals surface area contributed by atoms with E-state index in [1.54, 1.807) is 12.3 Å². The van der Waals surface area contributed by atoms with Crippen molar-refractivity contribution in [3.63, 3.8) is 0 Å². The number of nitrogens with one attached hydrogen (secondary N) is 1. The molecular formula is C10H14ClN3. The van der Waals surface area contributed by atoms with Gasteiger partial charge in [0.25, 0.3) is 0 Å². The number of rotatable bonds is 2. The van der Waals surface area contributed by atoms with Crippen LogP contribution in [-0.4, -0.2) is 11.0 Å². The maximum atomic E-state index is 5.79. The molecule has 0 aromatic carbocycles. The first kappa shape index (κ1) is 9.59. The summed E-state index contributed by atoms with van der Waals surface area (Å²) in [6.45, 7) is 0. The van der Waals surface area contributed by atoms with Crippen molar-refractivity contribution in [2.24, 2.45) is 0 Å². The fourth-order valence-electron chi connectivity index (χ4n) is 1.84. The van der Waals surface area contributed by atoms with Gasteiger partial charge in [0.05, 0.1) is 10.7 Å². The number of nitrogens with two attached hydrogens (primary N) is 1. The molecule has 4 heteroatoms. The minimum atomic E-state index is 0.533. The monoisotopic (exact) mass is 211 g/mol. The van der Waals surface area contributed by atoms with Gasteiger partial charge in [-0.1, -0.05) is 24.4 Å². The number of halogens is 1. The Morgan fingerprint density at radius 2 is 2.14 bits per heavy atom. The van der Waals surface area contributed by atoms with Gasteiger partial charge in [-0.05, 0) is 18.9 Å². The fourth-order valence-corrected chi connectivity index (χ4v) is 2.01. The summed E-state index contributed by atoms with van der Waals surface area (Å²) >= 11 is 5.76. The molecule has 2 rings (SSSR count). The zero-order valence-electron chi connectivity index (χ0n) is 7.96. The highest BCUT2D eigenvalue weighted by Crippen LogP contribution is 2.25. The molecule has 0 bridgehead atoms. The number of pyridine rings is 1. The second kappa shape index (κ2) is 4.05. The number of nitrogens with zero attached hydrogens (tertiary/aromatic N) is 1. The zero-order valence-corrected chi connectivity index (χ0v) is 8.72. The number of nitrogen functional groups attached to an aromatic ring is 1. The van der Waals surface area contributed by atoms with Gasteiger partial charge in [0, 0.05) is 12.2 Å². The molecule has 3 nitrogen and oxygen atoms in total. The highest BCUT2D eigenvalue weighted by Gasteiger charge is 2.15. The lowest BCUT2D eigenvalue weighted by Crippen LogP contribution is -2.16. The molecule has 0 saturated heterocycles. The molecule has 0 spiro atoms. The summed E-state index contributed by atoms with van der Waals surface area (Å²) in [5, 5.41) is 3.92. The third-order valence-electron chi connectivity index (χ3n) is 2.58. The first-order chi connectivity index (χ1) is 6.75. The normalized spacial score (nSPS) is 17.2. The molecule has 0 radical (unpaired) electrons. The van der Waals surface area contributed by atoms with Crippen molar-refractivity contribution in [1.29, 1.82) is 0 Å². The molecule has 1 saturated carbocycles. The van der Waals surface area contributed by atoms with E-state index in [0.29, 0.717) is 16.8 Å². The molecule has 1 fully saturated rings. The predicted octanol–water partition coefficient (Wildman–Crippen LogP) is 2.67. The number of hydrogen-bond acceptors (Lipinski definition) is 3. The molecular weight excluding hydrogens is 198 g/mol. The summed E-state index contributed by atoms with van der Waals surface area (Å²) in [4.78, 5) is 4.17. The van der Waals surface area contributed by atoms with Crippen molar-refractivity contribution in [2.75, 3.05) is 11.1 Å². The van der Waals surface area contributed by atoms with Crippen molar-refractivity contribution in [3.8, 4) is 0 Å². The summed E-state index contributed by atoms with van der Waals surface area (Å²) in [7, 11) is 0. The maximum absolute atomic E-state index is 5.79. The number of hydrogen-bond donors (Lipinski definition) is 2. The van der Waals surface area contributed by atoms with E-state index in [-0.39, 0.29) is 0 Å².